The van der Waals surface area contributed by atoms with Gasteiger partial charge in [-0.3, -0.25) is 4.90 Å². The van der Waals surface area contributed by atoms with Gasteiger partial charge in [0.15, 0.2) is 0 Å². The van der Waals surface area contributed by atoms with Crippen LogP contribution in [0, 0.1) is 5.92 Å². The van der Waals surface area contributed by atoms with E-state index in [2.05, 4.69) is 42.8 Å². The van der Waals surface area contributed by atoms with Gasteiger partial charge in [0.25, 0.3) is 0 Å². The molecule has 1 N–H and O–H groups in total. The number of aliphatic hydroxyl groups excluding tert-OH is 1. The van der Waals surface area contributed by atoms with Crippen LogP contribution in [-0.4, -0.2) is 39.4 Å². The number of hydrogen-bond acceptors (Lipinski definition) is 5. The third-order valence-electron chi connectivity index (χ3n) is 3.41. The summed E-state index contributed by atoms with van der Waals surface area (Å²) in [7, 11) is 0. The molecule has 1 fully saturated rings. The van der Waals surface area contributed by atoms with Crippen molar-refractivity contribution in [3.63, 3.8) is 0 Å². The fraction of sp³-hybridized carbons (Fsp3) is 0.846. The Labute approximate surface area is 108 Å². The highest BCUT2D eigenvalue weighted by molar-refractivity contribution is 4.96. The van der Waals surface area contributed by atoms with Crippen LogP contribution in [0.1, 0.15) is 45.9 Å². The molecular formula is C13H23N3O2. The van der Waals surface area contributed by atoms with Crippen molar-refractivity contribution in [1.29, 1.82) is 0 Å². The molecular weight excluding hydrogens is 230 g/mol. The molecule has 0 saturated carbocycles. The second-order valence-corrected chi connectivity index (χ2v) is 6.32. The maximum Gasteiger partial charge on any atom is 0.230 e. The molecule has 5 nitrogen and oxygen atoms in total. The Morgan fingerprint density at radius 3 is 2.67 bits per heavy atom. The number of aromatic nitrogens is 2. The van der Waals surface area contributed by atoms with E-state index in [1.165, 1.54) is 0 Å². The van der Waals surface area contributed by atoms with E-state index in [1.807, 2.05) is 0 Å². The minimum Gasteiger partial charge on any atom is -0.423 e. The lowest BCUT2D eigenvalue weighted by Crippen LogP contribution is -2.41. The summed E-state index contributed by atoms with van der Waals surface area (Å²) in [6.45, 7) is 10.7. The maximum absolute atomic E-state index is 9.69. The number of nitrogens with zero attached hydrogens (tertiary/aromatic N) is 3. The van der Waals surface area contributed by atoms with Crippen LogP contribution in [0.5, 0.6) is 0 Å². The highest BCUT2D eigenvalue weighted by Gasteiger charge is 2.26. The Balaban J connectivity index is 1.96. The Morgan fingerprint density at radius 2 is 2.11 bits per heavy atom. The van der Waals surface area contributed by atoms with Gasteiger partial charge in [0.2, 0.25) is 11.8 Å². The predicted octanol–water partition coefficient (Wildman–Crippen LogP) is 1.57. The molecule has 2 unspecified atom stereocenters. The van der Waals surface area contributed by atoms with Crippen molar-refractivity contribution in [3.8, 4) is 0 Å². The van der Waals surface area contributed by atoms with E-state index >= 15 is 0 Å². The topological polar surface area (TPSA) is 62.4 Å². The van der Waals surface area contributed by atoms with E-state index < -0.39 is 0 Å². The fourth-order valence-corrected chi connectivity index (χ4v) is 2.18. The lowest BCUT2D eigenvalue weighted by Gasteiger charge is -2.33. The first-order valence-corrected chi connectivity index (χ1v) is 6.59. The summed E-state index contributed by atoms with van der Waals surface area (Å²) in [5.41, 5.74) is -0.101. The maximum atomic E-state index is 9.69. The van der Waals surface area contributed by atoms with E-state index in [1.54, 1.807) is 0 Å². The molecule has 2 rings (SSSR count). The molecule has 2 heterocycles. The lowest BCUT2D eigenvalue weighted by molar-refractivity contribution is 0.0287. The molecule has 1 saturated heterocycles. The molecule has 0 aliphatic carbocycles. The summed E-state index contributed by atoms with van der Waals surface area (Å²) in [5.74, 6) is 1.66. The standard InChI is InChI=1S/C13H23N3O2/c1-9-7-16(6-5-10(9)17)8-11-14-15-12(18-11)13(2,3)4/h9-10,17H,5-8H2,1-4H3. The van der Waals surface area contributed by atoms with Crippen LogP contribution in [0.25, 0.3) is 0 Å². The largest absolute Gasteiger partial charge is 0.423 e. The lowest BCUT2D eigenvalue weighted by atomic mass is 9.97. The van der Waals surface area contributed by atoms with Gasteiger partial charge in [-0.2, -0.15) is 0 Å². The number of rotatable bonds is 2. The Kier molecular flexibility index (Phi) is 3.73. The molecule has 1 aromatic heterocycles. The zero-order chi connectivity index (χ0) is 13.3. The second kappa shape index (κ2) is 4.97. The molecule has 1 aliphatic rings. The van der Waals surface area contributed by atoms with Gasteiger partial charge in [-0.05, 0) is 12.3 Å². The number of likely N-dealkylation sites (tertiary alicyclic amines) is 1. The first-order chi connectivity index (χ1) is 8.36. The Hall–Kier alpha value is -0.940. The monoisotopic (exact) mass is 253 g/mol. The number of hydrogen-bond donors (Lipinski definition) is 1. The van der Waals surface area contributed by atoms with Crippen LogP contribution < -0.4 is 0 Å². The average Bonchev–Trinajstić information content (AvgIpc) is 2.72. The number of aliphatic hydroxyl groups is 1. The van der Waals surface area contributed by atoms with Gasteiger partial charge in [-0.15, -0.1) is 10.2 Å². The smallest absolute Gasteiger partial charge is 0.230 e. The van der Waals surface area contributed by atoms with E-state index in [-0.39, 0.29) is 11.5 Å². The molecule has 5 heteroatoms. The second-order valence-electron chi connectivity index (χ2n) is 6.32. The van der Waals surface area contributed by atoms with Gasteiger partial charge >= 0.3 is 0 Å². The van der Waals surface area contributed by atoms with Crippen LogP contribution in [0.4, 0.5) is 0 Å². The van der Waals surface area contributed by atoms with E-state index in [0.717, 1.165) is 19.5 Å². The zero-order valence-electron chi connectivity index (χ0n) is 11.7. The van der Waals surface area contributed by atoms with Crippen molar-refractivity contribution in [2.24, 2.45) is 5.92 Å². The molecule has 1 aromatic rings. The minimum absolute atomic E-state index is 0.101. The summed E-state index contributed by atoms with van der Waals surface area (Å²) in [5, 5.41) is 17.9. The van der Waals surface area contributed by atoms with Gasteiger partial charge in [0.1, 0.15) is 0 Å². The fourth-order valence-electron chi connectivity index (χ4n) is 2.18. The van der Waals surface area contributed by atoms with Crippen LogP contribution in [-0.2, 0) is 12.0 Å². The van der Waals surface area contributed by atoms with Crippen molar-refractivity contribution < 1.29 is 9.52 Å². The molecule has 0 radical (unpaired) electrons. The van der Waals surface area contributed by atoms with Crippen molar-refractivity contribution in [3.05, 3.63) is 11.8 Å². The molecule has 0 amide bonds. The van der Waals surface area contributed by atoms with Crippen molar-refractivity contribution in [2.45, 2.75) is 52.2 Å². The SMILES string of the molecule is CC1CN(Cc2nnc(C(C)(C)C)o2)CCC1O. The third kappa shape index (κ3) is 3.09. The van der Waals surface area contributed by atoms with Gasteiger partial charge in [0.05, 0.1) is 12.6 Å². The Morgan fingerprint density at radius 1 is 1.39 bits per heavy atom. The van der Waals surface area contributed by atoms with Gasteiger partial charge in [-0.1, -0.05) is 27.7 Å². The quantitative estimate of drug-likeness (QED) is 0.867. The van der Waals surface area contributed by atoms with Crippen LogP contribution in [0.2, 0.25) is 0 Å². The van der Waals surface area contributed by atoms with Crippen molar-refractivity contribution >= 4 is 0 Å². The minimum atomic E-state index is -0.172. The summed E-state index contributed by atoms with van der Waals surface area (Å²) in [4.78, 5) is 2.26. The van der Waals surface area contributed by atoms with E-state index in [4.69, 9.17) is 4.42 Å². The van der Waals surface area contributed by atoms with Crippen molar-refractivity contribution in [1.82, 2.24) is 15.1 Å². The van der Waals surface area contributed by atoms with Crippen LogP contribution in [0.3, 0.4) is 0 Å². The van der Waals surface area contributed by atoms with Gasteiger partial charge in [0, 0.05) is 18.5 Å². The summed E-state index contributed by atoms with van der Waals surface area (Å²) in [6.07, 6.45) is 0.649. The predicted molar refractivity (Wildman–Crippen MR) is 68.1 cm³/mol. The number of piperidine rings is 1. The van der Waals surface area contributed by atoms with Gasteiger partial charge in [-0.25, -0.2) is 0 Å². The van der Waals surface area contributed by atoms with Crippen molar-refractivity contribution in [2.75, 3.05) is 13.1 Å². The van der Waals surface area contributed by atoms with Crippen LogP contribution in [0.15, 0.2) is 4.42 Å². The van der Waals surface area contributed by atoms with E-state index in [9.17, 15) is 5.11 Å². The Bertz CT molecular complexity index is 397. The first kappa shape index (κ1) is 13.5. The molecule has 2 atom stereocenters. The molecule has 18 heavy (non-hydrogen) atoms. The van der Waals surface area contributed by atoms with Gasteiger partial charge < -0.3 is 9.52 Å². The molecule has 0 aromatic carbocycles. The van der Waals surface area contributed by atoms with Crippen LogP contribution >= 0.6 is 0 Å². The third-order valence-corrected chi connectivity index (χ3v) is 3.41. The molecule has 1 aliphatic heterocycles. The molecule has 0 bridgehead atoms. The summed E-state index contributed by atoms with van der Waals surface area (Å²) >= 11 is 0. The van der Waals surface area contributed by atoms with E-state index in [0.29, 0.717) is 24.2 Å². The normalized spacial score (nSPS) is 26.5. The summed E-state index contributed by atoms with van der Waals surface area (Å²) in [6, 6.07) is 0. The molecule has 0 spiro atoms. The highest BCUT2D eigenvalue weighted by Crippen LogP contribution is 2.22. The first-order valence-electron chi connectivity index (χ1n) is 6.59. The molecule has 102 valence electrons. The zero-order valence-corrected chi connectivity index (χ0v) is 11.7. The average molecular weight is 253 g/mol. The highest BCUT2D eigenvalue weighted by atomic mass is 16.4. The summed E-state index contributed by atoms with van der Waals surface area (Å²) < 4.78 is 5.69.